The van der Waals surface area contributed by atoms with Gasteiger partial charge in [0.2, 0.25) is 0 Å². The summed E-state index contributed by atoms with van der Waals surface area (Å²) in [6, 6.07) is -0.656. The molecule has 0 radical (unpaired) electrons. The fourth-order valence-corrected chi connectivity index (χ4v) is 0.930. The lowest BCUT2D eigenvalue weighted by atomic mass is 10.1. The highest BCUT2D eigenvalue weighted by Crippen LogP contribution is 2.31. The van der Waals surface area contributed by atoms with Gasteiger partial charge in [-0.2, -0.15) is 13.2 Å². The lowest BCUT2D eigenvalue weighted by Crippen LogP contribution is -2.29. The van der Waals surface area contributed by atoms with Crippen molar-refractivity contribution < 1.29 is 22.0 Å². The molecule has 78 valence electrons. The maximum absolute atomic E-state index is 12.8. The number of rotatable bonds is 1. The molecule has 0 aliphatic carbocycles. The molecule has 1 aromatic rings. The molecule has 0 aliphatic rings. The highest BCUT2D eigenvalue weighted by atomic mass is 19.4. The van der Waals surface area contributed by atoms with Crippen molar-refractivity contribution >= 4 is 0 Å². The molecule has 0 spiro atoms. The molecule has 0 heterocycles. The summed E-state index contributed by atoms with van der Waals surface area (Å²) in [4.78, 5) is 0. The Labute approximate surface area is 76.3 Å². The van der Waals surface area contributed by atoms with E-state index in [1.54, 1.807) is 0 Å². The van der Waals surface area contributed by atoms with Crippen molar-refractivity contribution in [3.8, 4) is 0 Å². The maximum atomic E-state index is 12.8. The van der Waals surface area contributed by atoms with Gasteiger partial charge in [0, 0.05) is 11.6 Å². The second kappa shape index (κ2) is 3.53. The van der Waals surface area contributed by atoms with E-state index in [9.17, 15) is 22.0 Å². The van der Waals surface area contributed by atoms with Crippen LogP contribution in [0, 0.1) is 11.6 Å². The minimum absolute atomic E-state index is 0.362. The van der Waals surface area contributed by atoms with Crippen LogP contribution in [0.4, 0.5) is 22.0 Å². The SMILES string of the molecule is N[C@H](c1ccc(F)cc1F)C(F)(F)F. The van der Waals surface area contributed by atoms with E-state index in [0.717, 1.165) is 6.07 Å². The number of hydrogen-bond donors (Lipinski definition) is 1. The van der Waals surface area contributed by atoms with Crippen LogP contribution >= 0.6 is 0 Å². The number of nitrogens with two attached hydrogens (primary N) is 1. The topological polar surface area (TPSA) is 26.0 Å². The van der Waals surface area contributed by atoms with Crippen LogP contribution in [-0.2, 0) is 0 Å². The zero-order valence-corrected chi connectivity index (χ0v) is 6.78. The van der Waals surface area contributed by atoms with E-state index in [2.05, 4.69) is 0 Å². The molecule has 14 heavy (non-hydrogen) atoms. The van der Waals surface area contributed by atoms with Crippen LogP contribution in [0.5, 0.6) is 0 Å². The Balaban J connectivity index is 3.08. The van der Waals surface area contributed by atoms with E-state index in [1.807, 2.05) is 0 Å². The molecule has 0 aliphatic heterocycles. The molecule has 0 bridgehead atoms. The first kappa shape index (κ1) is 10.9. The van der Waals surface area contributed by atoms with Crippen LogP contribution in [0.2, 0.25) is 0 Å². The van der Waals surface area contributed by atoms with Crippen molar-refractivity contribution in [1.29, 1.82) is 0 Å². The Morgan fingerprint density at radius 2 is 1.71 bits per heavy atom. The fraction of sp³-hybridized carbons (Fsp3) is 0.250. The Kier molecular flexibility index (Phi) is 2.75. The Hall–Kier alpha value is -1.17. The van der Waals surface area contributed by atoms with Crippen molar-refractivity contribution in [3.63, 3.8) is 0 Å². The van der Waals surface area contributed by atoms with E-state index in [1.165, 1.54) is 0 Å². The third-order valence-electron chi connectivity index (χ3n) is 1.65. The fourth-order valence-electron chi connectivity index (χ4n) is 0.930. The molecule has 0 saturated heterocycles. The van der Waals surface area contributed by atoms with Gasteiger partial charge in [0.05, 0.1) is 0 Å². The molecular formula is C8H6F5N. The summed E-state index contributed by atoms with van der Waals surface area (Å²) >= 11 is 0. The monoisotopic (exact) mass is 211 g/mol. The smallest absolute Gasteiger partial charge is 0.316 e. The predicted molar refractivity (Wildman–Crippen MR) is 39.3 cm³/mol. The number of alkyl halides is 3. The van der Waals surface area contributed by atoms with Gasteiger partial charge in [-0.05, 0) is 6.07 Å². The lowest BCUT2D eigenvalue weighted by molar-refractivity contribution is -0.149. The first-order valence-corrected chi connectivity index (χ1v) is 3.59. The second-order valence-corrected chi connectivity index (χ2v) is 2.69. The zero-order valence-electron chi connectivity index (χ0n) is 6.78. The predicted octanol–water partition coefficient (Wildman–Crippen LogP) is 2.53. The average molecular weight is 211 g/mol. The summed E-state index contributed by atoms with van der Waals surface area (Å²) in [5.41, 5.74) is 3.97. The van der Waals surface area contributed by atoms with Crippen molar-refractivity contribution in [3.05, 3.63) is 35.4 Å². The maximum Gasteiger partial charge on any atom is 0.407 e. The van der Waals surface area contributed by atoms with Gasteiger partial charge in [0.25, 0.3) is 0 Å². The van der Waals surface area contributed by atoms with E-state index >= 15 is 0 Å². The zero-order chi connectivity index (χ0) is 10.9. The summed E-state index contributed by atoms with van der Waals surface area (Å²) in [5.74, 6) is -2.24. The van der Waals surface area contributed by atoms with E-state index in [0.29, 0.717) is 12.1 Å². The summed E-state index contributed by atoms with van der Waals surface area (Å²) in [6.45, 7) is 0. The molecule has 1 atom stereocenters. The molecule has 2 N–H and O–H groups in total. The molecule has 0 aromatic heterocycles. The van der Waals surface area contributed by atoms with Gasteiger partial charge in [-0.25, -0.2) is 8.78 Å². The molecule has 1 nitrogen and oxygen atoms in total. The van der Waals surface area contributed by atoms with Crippen LogP contribution in [0.1, 0.15) is 11.6 Å². The van der Waals surface area contributed by atoms with Crippen LogP contribution in [-0.4, -0.2) is 6.18 Å². The molecule has 0 fully saturated rings. The number of halogens is 5. The van der Waals surface area contributed by atoms with Crippen molar-refractivity contribution in [1.82, 2.24) is 0 Å². The van der Waals surface area contributed by atoms with Crippen LogP contribution in [0.25, 0.3) is 0 Å². The number of benzene rings is 1. The summed E-state index contributed by atoms with van der Waals surface area (Å²) in [7, 11) is 0. The van der Waals surface area contributed by atoms with Gasteiger partial charge in [0.15, 0.2) is 0 Å². The molecule has 0 amide bonds. The van der Waals surface area contributed by atoms with Crippen molar-refractivity contribution in [2.45, 2.75) is 12.2 Å². The Bertz CT molecular complexity index is 333. The molecule has 6 heteroatoms. The Morgan fingerprint density at radius 3 is 2.14 bits per heavy atom. The molecule has 1 rings (SSSR count). The quantitative estimate of drug-likeness (QED) is 0.709. The van der Waals surface area contributed by atoms with Crippen LogP contribution < -0.4 is 5.73 Å². The van der Waals surface area contributed by atoms with E-state index in [4.69, 9.17) is 5.73 Å². The molecule has 0 saturated carbocycles. The average Bonchev–Trinajstić information content (AvgIpc) is 2.01. The Morgan fingerprint density at radius 1 is 1.14 bits per heavy atom. The minimum atomic E-state index is -4.74. The number of hydrogen-bond acceptors (Lipinski definition) is 1. The minimum Gasteiger partial charge on any atom is -0.316 e. The van der Waals surface area contributed by atoms with Crippen LogP contribution in [0.15, 0.2) is 18.2 Å². The van der Waals surface area contributed by atoms with Gasteiger partial charge in [-0.15, -0.1) is 0 Å². The normalized spacial score (nSPS) is 14.1. The third-order valence-corrected chi connectivity index (χ3v) is 1.65. The van der Waals surface area contributed by atoms with Gasteiger partial charge in [-0.3, -0.25) is 0 Å². The molecule has 0 unspecified atom stereocenters. The standard InChI is InChI=1S/C8H6F5N/c9-4-1-2-5(6(10)3-4)7(14)8(11,12)13/h1-3,7H,14H2/t7-/m1/s1. The molecule has 1 aromatic carbocycles. The highest BCUT2D eigenvalue weighted by molar-refractivity contribution is 5.22. The van der Waals surface area contributed by atoms with Gasteiger partial charge in [0.1, 0.15) is 17.7 Å². The largest absolute Gasteiger partial charge is 0.407 e. The first-order chi connectivity index (χ1) is 6.32. The third kappa shape index (κ3) is 2.20. The van der Waals surface area contributed by atoms with Crippen LogP contribution in [0.3, 0.4) is 0 Å². The van der Waals surface area contributed by atoms with Gasteiger partial charge in [-0.1, -0.05) is 6.07 Å². The van der Waals surface area contributed by atoms with E-state index in [-0.39, 0.29) is 0 Å². The molecular weight excluding hydrogens is 205 g/mol. The van der Waals surface area contributed by atoms with Crippen molar-refractivity contribution in [2.75, 3.05) is 0 Å². The van der Waals surface area contributed by atoms with Gasteiger partial charge >= 0.3 is 6.18 Å². The summed E-state index contributed by atoms with van der Waals surface area (Å²) in [5, 5.41) is 0. The highest BCUT2D eigenvalue weighted by Gasteiger charge is 2.39. The van der Waals surface area contributed by atoms with Gasteiger partial charge < -0.3 is 5.73 Å². The van der Waals surface area contributed by atoms with Crippen molar-refractivity contribution in [2.24, 2.45) is 5.73 Å². The summed E-state index contributed by atoms with van der Waals surface area (Å²) < 4.78 is 61.2. The lowest BCUT2D eigenvalue weighted by Gasteiger charge is -2.16. The summed E-state index contributed by atoms with van der Waals surface area (Å²) in [6.07, 6.45) is -4.74. The first-order valence-electron chi connectivity index (χ1n) is 3.59. The second-order valence-electron chi connectivity index (χ2n) is 2.69. The van der Waals surface area contributed by atoms with E-state index < -0.39 is 29.4 Å².